The van der Waals surface area contributed by atoms with Crippen LogP contribution in [0.2, 0.25) is 0 Å². The van der Waals surface area contributed by atoms with Crippen LogP contribution in [0.15, 0.2) is 42.7 Å². The Morgan fingerprint density at radius 2 is 1.96 bits per heavy atom. The van der Waals surface area contributed by atoms with Gasteiger partial charge in [-0.15, -0.1) is 0 Å². The number of anilines is 1. The molecular weight excluding hydrogens is 356 g/mol. The maximum Gasteiger partial charge on any atom is 0.247 e. The van der Waals surface area contributed by atoms with Gasteiger partial charge >= 0.3 is 0 Å². The standard InChI is InChI=1S/C21H26N4O3/c1-28-18-7-5-17(6-8-18)25-20(27)15-23(16-21(25)10-2-3-11-21)19(26)9-14-24-13-4-12-22-24/h4-8,12-13H,2-3,9-11,14-16H2,1H3. The minimum atomic E-state index is -0.300. The van der Waals surface area contributed by atoms with Gasteiger partial charge in [0.15, 0.2) is 0 Å². The number of piperazine rings is 1. The molecule has 2 aromatic rings. The molecule has 148 valence electrons. The monoisotopic (exact) mass is 382 g/mol. The molecule has 0 atom stereocenters. The molecule has 1 aliphatic heterocycles. The van der Waals surface area contributed by atoms with Gasteiger partial charge in [-0.25, -0.2) is 0 Å². The van der Waals surface area contributed by atoms with Crippen molar-refractivity contribution in [3.05, 3.63) is 42.7 Å². The second kappa shape index (κ2) is 7.66. The van der Waals surface area contributed by atoms with Crippen LogP contribution < -0.4 is 9.64 Å². The summed E-state index contributed by atoms with van der Waals surface area (Å²) in [6, 6.07) is 9.48. The van der Waals surface area contributed by atoms with Gasteiger partial charge in [-0.05, 0) is 43.2 Å². The van der Waals surface area contributed by atoms with Crippen LogP contribution >= 0.6 is 0 Å². The van der Waals surface area contributed by atoms with Gasteiger partial charge < -0.3 is 14.5 Å². The molecule has 1 spiro atoms. The first-order valence-electron chi connectivity index (χ1n) is 9.84. The SMILES string of the molecule is COc1ccc(N2C(=O)CN(C(=O)CCn3cccn3)CC23CCCC3)cc1. The van der Waals surface area contributed by atoms with E-state index in [9.17, 15) is 9.59 Å². The summed E-state index contributed by atoms with van der Waals surface area (Å²) in [5.41, 5.74) is 0.585. The Kier molecular flexibility index (Phi) is 5.07. The predicted molar refractivity (Wildman–Crippen MR) is 105 cm³/mol. The maximum atomic E-state index is 13.1. The number of aryl methyl sites for hydroxylation is 1. The second-order valence-electron chi connectivity index (χ2n) is 7.63. The molecule has 4 rings (SSSR count). The Morgan fingerprint density at radius 1 is 1.21 bits per heavy atom. The molecule has 1 aromatic carbocycles. The topological polar surface area (TPSA) is 67.7 Å². The second-order valence-corrected chi connectivity index (χ2v) is 7.63. The molecule has 0 bridgehead atoms. The maximum absolute atomic E-state index is 13.1. The highest BCUT2D eigenvalue weighted by Gasteiger charge is 2.48. The molecule has 1 aliphatic carbocycles. The van der Waals surface area contributed by atoms with Gasteiger partial charge in [0.05, 0.1) is 12.6 Å². The predicted octanol–water partition coefficient (Wildman–Crippen LogP) is 2.47. The van der Waals surface area contributed by atoms with E-state index in [1.165, 1.54) is 0 Å². The molecule has 2 aliphatic rings. The van der Waals surface area contributed by atoms with Gasteiger partial charge in [0.25, 0.3) is 0 Å². The van der Waals surface area contributed by atoms with E-state index in [2.05, 4.69) is 5.10 Å². The Morgan fingerprint density at radius 3 is 2.61 bits per heavy atom. The average Bonchev–Trinajstić information content (AvgIpc) is 3.39. The molecule has 1 saturated heterocycles. The lowest BCUT2D eigenvalue weighted by Crippen LogP contribution is -2.65. The third-order valence-corrected chi connectivity index (χ3v) is 5.87. The summed E-state index contributed by atoms with van der Waals surface area (Å²) in [5, 5.41) is 4.15. The van der Waals surface area contributed by atoms with Crippen molar-refractivity contribution in [2.24, 2.45) is 0 Å². The molecule has 0 unspecified atom stereocenters. The summed E-state index contributed by atoms with van der Waals surface area (Å²) in [6.07, 6.45) is 7.91. The zero-order chi connectivity index (χ0) is 19.6. The fourth-order valence-electron chi connectivity index (χ4n) is 4.52. The molecule has 7 heteroatoms. The van der Waals surface area contributed by atoms with Crippen molar-refractivity contribution >= 4 is 17.5 Å². The average molecular weight is 382 g/mol. The molecule has 2 heterocycles. The zero-order valence-corrected chi connectivity index (χ0v) is 16.2. The Balaban J connectivity index is 1.52. The molecule has 0 N–H and O–H groups in total. The van der Waals surface area contributed by atoms with E-state index in [1.54, 1.807) is 22.9 Å². The number of carbonyl (C=O) groups excluding carboxylic acids is 2. The smallest absolute Gasteiger partial charge is 0.247 e. The number of nitrogens with zero attached hydrogens (tertiary/aromatic N) is 4. The molecule has 1 saturated carbocycles. The molecule has 2 amide bonds. The number of carbonyl (C=O) groups is 2. The first kappa shape index (κ1) is 18.5. The lowest BCUT2D eigenvalue weighted by Gasteiger charge is -2.49. The summed E-state index contributed by atoms with van der Waals surface area (Å²) in [4.78, 5) is 29.6. The van der Waals surface area contributed by atoms with Gasteiger partial charge in [-0.2, -0.15) is 5.10 Å². The normalized spacial score (nSPS) is 18.7. The summed E-state index contributed by atoms with van der Waals surface area (Å²) >= 11 is 0. The number of hydrogen-bond donors (Lipinski definition) is 0. The van der Waals surface area contributed by atoms with E-state index in [0.29, 0.717) is 19.5 Å². The highest BCUT2D eigenvalue weighted by atomic mass is 16.5. The third-order valence-electron chi connectivity index (χ3n) is 5.87. The number of ether oxygens (including phenoxy) is 1. The van der Waals surface area contributed by atoms with Crippen molar-refractivity contribution in [3.63, 3.8) is 0 Å². The molecular formula is C21H26N4O3. The Hall–Kier alpha value is -2.83. The molecule has 2 fully saturated rings. The minimum absolute atomic E-state index is 0.00856. The van der Waals surface area contributed by atoms with E-state index >= 15 is 0 Å². The number of amides is 2. The number of hydrogen-bond acceptors (Lipinski definition) is 4. The summed E-state index contributed by atoms with van der Waals surface area (Å²) in [7, 11) is 1.63. The van der Waals surface area contributed by atoms with Crippen LogP contribution in [-0.4, -0.2) is 52.2 Å². The number of methoxy groups -OCH3 is 1. The van der Waals surface area contributed by atoms with Crippen molar-refractivity contribution in [2.75, 3.05) is 25.1 Å². The fourth-order valence-corrected chi connectivity index (χ4v) is 4.52. The van der Waals surface area contributed by atoms with Crippen LogP contribution in [0.5, 0.6) is 5.75 Å². The van der Waals surface area contributed by atoms with Crippen LogP contribution in [0.4, 0.5) is 5.69 Å². The van der Waals surface area contributed by atoms with E-state index in [1.807, 2.05) is 41.4 Å². The minimum Gasteiger partial charge on any atom is -0.497 e. The highest BCUT2D eigenvalue weighted by Crippen LogP contribution is 2.41. The third kappa shape index (κ3) is 3.48. The van der Waals surface area contributed by atoms with Crippen molar-refractivity contribution in [1.29, 1.82) is 0 Å². The summed E-state index contributed by atoms with van der Waals surface area (Å²) in [6.45, 7) is 1.26. The number of rotatable bonds is 5. The van der Waals surface area contributed by atoms with Crippen LogP contribution in [0.1, 0.15) is 32.1 Å². The lowest BCUT2D eigenvalue weighted by molar-refractivity contribution is -0.139. The number of benzene rings is 1. The van der Waals surface area contributed by atoms with Crippen molar-refractivity contribution in [3.8, 4) is 5.75 Å². The van der Waals surface area contributed by atoms with Gasteiger partial charge in [-0.3, -0.25) is 14.3 Å². The van der Waals surface area contributed by atoms with Gasteiger partial charge in [0.1, 0.15) is 12.3 Å². The number of aromatic nitrogens is 2. The van der Waals surface area contributed by atoms with Crippen molar-refractivity contribution < 1.29 is 14.3 Å². The van der Waals surface area contributed by atoms with E-state index in [-0.39, 0.29) is 23.9 Å². The van der Waals surface area contributed by atoms with Crippen LogP contribution in [0.25, 0.3) is 0 Å². The van der Waals surface area contributed by atoms with Gasteiger partial charge in [0, 0.05) is 37.6 Å². The molecule has 28 heavy (non-hydrogen) atoms. The molecule has 1 aromatic heterocycles. The Bertz CT molecular complexity index is 826. The lowest BCUT2D eigenvalue weighted by atomic mass is 9.90. The van der Waals surface area contributed by atoms with Crippen molar-refractivity contribution in [2.45, 2.75) is 44.2 Å². The van der Waals surface area contributed by atoms with E-state index in [0.717, 1.165) is 37.1 Å². The van der Waals surface area contributed by atoms with E-state index in [4.69, 9.17) is 4.74 Å². The van der Waals surface area contributed by atoms with Crippen LogP contribution in [0, 0.1) is 0 Å². The zero-order valence-electron chi connectivity index (χ0n) is 16.2. The van der Waals surface area contributed by atoms with Crippen molar-refractivity contribution in [1.82, 2.24) is 14.7 Å². The quantitative estimate of drug-likeness (QED) is 0.797. The molecule has 7 nitrogen and oxygen atoms in total. The Labute approximate surface area is 164 Å². The first-order chi connectivity index (χ1) is 13.6. The summed E-state index contributed by atoms with van der Waals surface area (Å²) < 4.78 is 6.99. The van der Waals surface area contributed by atoms with Gasteiger partial charge in [-0.1, -0.05) is 12.8 Å². The van der Waals surface area contributed by atoms with E-state index < -0.39 is 0 Å². The fraction of sp³-hybridized carbons (Fsp3) is 0.476. The van der Waals surface area contributed by atoms with Gasteiger partial charge in [0.2, 0.25) is 11.8 Å². The largest absolute Gasteiger partial charge is 0.497 e. The molecule has 0 radical (unpaired) electrons. The highest BCUT2D eigenvalue weighted by molar-refractivity contribution is 5.99. The van der Waals surface area contributed by atoms with Crippen LogP contribution in [0.3, 0.4) is 0 Å². The van der Waals surface area contributed by atoms with Crippen LogP contribution in [-0.2, 0) is 16.1 Å². The first-order valence-corrected chi connectivity index (χ1v) is 9.84. The summed E-state index contributed by atoms with van der Waals surface area (Å²) in [5.74, 6) is 0.777.